The van der Waals surface area contributed by atoms with Gasteiger partial charge in [0.1, 0.15) is 5.60 Å². The van der Waals surface area contributed by atoms with E-state index in [-0.39, 0.29) is 0 Å². The first-order chi connectivity index (χ1) is 15.5. The smallest absolute Gasteiger partial charge is 0.175 e. The standard InChI is InChI=1S/C27H28N2O3S/c1-19-15-22(21-11-8-12-23(16-21)33(4,31)32)13-14-24(19)25-17-26(27(2,3)30)28-29(25)18-20-9-6-5-7-10-20/h5-17,30H,18H2,1-4H3. The Balaban J connectivity index is 1.77. The van der Waals surface area contributed by atoms with Crippen LogP contribution in [0.25, 0.3) is 22.4 Å². The number of hydrogen-bond acceptors (Lipinski definition) is 4. The minimum absolute atomic E-state index is 0.303. The molecule has 0 saturated heterocycles. The molecule has 0 aliphatic heterocycles. The van der Waals surface area contributed by atoms with E-state index in [1.165, 1.54) is 6.26 Å². The zero-order chi connectivity index (χ0) is 23.8. The summed E-state index contributed by atoms with van der Waals surface area (Å²) in [6.45, 7) is 6.08. The zero-order valence-corrected chi connectivity index (χ0v) is 20.1. The summed E-state index contributed by atoms with van der Waals surface area (Å²) in [6, 6.07) is 25.1. The Hall–Kier alpha value is -3.22. The Morgan fingerprint density at radius 1 is 0.909 bits per heavy atom. The van der Waals surface area contributed by atoms with Crippen LogP contribution in [0.15, 0.2) is 83.8 Å². The van der Waals surface area contributed by atoms with Gasteiger partial charge in [0.2, 0.25) is 0 Å². The van der Waals surface area contributed by atoms with Crippen molar-refractivity contribution in [2.75, 3.05) is 6.26 Å². The van der Waals surface area contributed by atoms with E-state index in [0.717, 1.165) is 33.5 Å². The first-order valence-corrected chi connectivity index (χ1v) is 12.7. The molecular formula is C27H28N2O3S. The molecule has 0 radical (unpaired) electrons. The average Bonchev–Trinajstić information content (AvgIpc) is 3.18. The molecule has 0 spiro atoms. The van der Waals surface area contributed by atoms with Gasteiger partial charge in [-0.2, -0.15) is 5.10 Å². The number of rotatable bonds is 6. The first kappa shape index (κ1) is 23.0. The number of nitrogens with zero attached hydrogens (tertiary/aromatic N) is 2. The molecule has 1 heterocycles. The molecule has 0 unspecified atom stereocenters. The molecule has 0 fully saturated rings. The lowest BCUT2D eigenvalue weighted by Crippen LogP contribution is -2.17. The predicted molar refractivity (Wildman–Crippen MR) is 132 cm³/mol. The van der Waals surface area contributed by atoms with Gasteiger partial charge in [-0.15, -0.1) is 0 Å². The van der Waals surface area contributed by atoms with E-state index in [9.17, 15) is 13.5 Å². The second-order valence-electron chi connectivity index (χ2n) is 8.95. The largest absolute Gasteiger partial charge is 0.384 e. The third-order valence-electron chi connectivity index (χ3n) is 5.68. The van der Waals surface area contributed by atoms with Crippen molar-refractivity contribution in [2.45, 2.75) is 37.8 Å². The third-order valence-corrected chi connectivity index (χ3v) is 6.79. The highest BCUT2D eigenvalue weighted by molar-refractivity contribution is 7.90. The van der Waals surface area contributed by atoms with Crippen LogP contribution in [0, 0.1) is 6.92 Å². The lowest BCUT2D eigenvalue weighted by molar-refractivity contribution is 0.0731. The van der Waals surface area contributed by atoms with E-state index in [0.29, 0.717) is 17.1 Å². The van der Waals surface area contributed by atoms with Crippen LogP contribution >= 0.6 is 0 Å². The fraction of sp³-hybridized carbons (Fsp3) is 0.222. The van der Waals surface area contributed by atoms with Gasteiger partial charge in [-0.3, -0.25) is 4.68 Å². The van der Waals surface area contributed by atoms with Crippen LogP contribution in [0.1, 0.15) is 30.7 Å². The van der Waals surface area contributed by atoms with Gasteiger partial charge in [0, 0.05) is 11.8 Å². The van der Waals surface area contributed by atoms with Gasteiger partial charge in [-0.25, -0.2) is 8.42 Å². The van der Waals surface area contributed by atoms with Gasteiger partial charge in [-0.1, -0.05) is 60.7 Å². The highest BCUT2D eigenvalue weighted by atomic mass is 32.2. The highest BCUT2D eigenvalue weighted by Gasteiger charge is 2.23. The number of benzene rings is 3. The SMILES string of the molecule is Cc1cc(-c2cccc(S(C)(=O)=O)c2)ccc1-c1cc(C(C)(C)O)nn1Cc1ccccc1. The van der Waals surface area contributed by atoms with E-state index in [4.69, 9.17) is 5.10 Å². The molecule has 3 aromatic carbocycles. The average molecular weight is 461 g/mol. The summed E-state index contributed by atoms with van der Waals surface area (Å²) in [5, 5.41) is 15.3. The number of sulfone groups is 1. The number of aliphatic hydroxyl groups is 1. The van der Waals surface area contributed by atoms with E-state index in [1.54, 1.807) is 32.0 Å². The van der Waals surface area contributed by atoms with Crippen LogP contribution in [-0.2, 0) is 22.0 Å². The molecule has 0 atom stereocenters. The van der Waals surface area contributed by atoms with E-state index in [1.807, 2.05) is 54.1 Å². The van der Waals surface area contributed by atoms with Crippen LogP contribution in [0.5, 0.6) is 0 Å². The quantitative estimate of drug-likeness (QED) is 0.429. The van der Waals surface area contributed by atoms with Gasteiger partial charge in [0.05, 0.1) is 22.8 Å². The Bertz CT molecular complexity index is 1400. The van der Waals surface area contributed by atoms with Gasteiger partial charge < -0.3 is 5.11 Å². The van der Waals surface area contributed by atoms with Crippen LogP contribution < -0.4 is 0 Å². The Labute approximate surface area is 195 Å². The molecule has 6 heteroatoms. The van der Waals surface area contributed by atoms with Crippen LogP contribution in [0.3, 0.4) is 0 Å². The van der Waals surface area contributed by atoms with Crippen molar-refractivity contribution in [2.24, 2.45) is 0 Å². The molecule has 1 N–H and O–H groups in total. The normalized spacial score (nSPS) is 12.2. The van der Waals surface area contributed by atoms with Gasteiger partial charge >= 0.3 is 0 Å². The van der Waals surface area contributed by atoms with Crippen LogP contribution in [0.4, 0.5) is 0 Å². The maximum atomic E-state index is 12.0. The van der Waals surface area contributed by atoms with Gasteiger partial charge in [0.15, 0.2) is 9.84 Å². The molecule has 0 aliphatic rings. The van der Waals surface area contributed by atoms with Gasteiger partial charge in [-0.05, 0) is 61.2 Å². The van der Waals surface area contributed by atoms with Crippen molar-refractivity contribution < 1.29 is 13.5 Å². The number of hydrogen-bond donors (Lipinski definition) is 1. The monoisotopic (exact) mass is 460 g/mol. The molecule has 4 rings (SSSR count). The maximum Gasteiger partial charge on any atom is 0.175 e. The molecule has 5 nitrogen and oxygen atoms in total. The van der Waals surface area contributed by atoms with Crippen molar-refractivity contribution >= 4 is 9.84 Å². The molecule has 0 bridgehead atoms. The molecule has 0 saturated carbocycles. The zero-order valence-electron chi connectivity index (χ0n) is 19.3. The van der Waals surface area contributed by atoms with Crippen molar-refractivity contribution in [1.82, 2.24) is 9.78 Å². The van der Waals surface area contributed by atoms with Crippen molar-refractivity contribution in [3.8, 4) is 22.4 Å². The molecule has 170 valence electrons. The fourth-order valence-corrected chi connectivity index (χ4v) is 4.51. The highest BCUT2D eigenvalue weighted by Crippen LogP contribution is 2.32. The third kappa shape index (κ3) is 5.07. The summed E-state index contributed by atoms with van der Waals surface area (Å²) < 4.78 is 25.9. The Kier molecular flexibility index (Phi) is 5.99. The maximum absolute atomic E-state index is 12.0. The summed E-state index contributed by atoms with van der Waals surface area (Å²) in [7, 11) is -3.28. The Morgan fingerprint density at radius 3 is 2.24 bits per heavy atom. The predicted octanol–water partition coefficient (Wildman–Crippen LogP) is 5.20. The molecule has 1 aromatic heterocycles. The molecular weight excluding hydrogens is 432 g/mol. The molecule has 33 heavy (non-hydrogen) atoms. The summed E-state index contributed by atoms with van der Waals surface area (Å²) in [5.74, 6) is 0. The second-order valence-corrected chi connectivity index (χ2v) is 11.0. The summed E-state index contributed by atoms with van der Waals surface area (Å²) in [4.78, 5) is 0.303. The summed E-state index contributed by atoms with van der Waals surface area (Å²) in [5.41, 5.74) is 5.43. The number of aromatic nitrogens is 2. The minimum Gasteiger partial charge on any atom is -0.384 e. The minimum atomic E-state index is -3.28. The van der Waals surface area contributed by atoms with E-state index >= 15 is 0 Å². The van der Waals surface area contributed by atoms with Gasteiger partial charge in [0.25, 0.3) is 0 Å². The van der Waals surface area contributed by atoms with Crippen molar-refractivity contribution in [3.05, 3.63) is 95.7 Å². The summed E-state index contributed by atoms with van der Waals surface area (Å²) in [6.07, 6.45) is 1.22. The lowest BCUT2D eigenvalue weighted by atomic mass is 9.97. The van der Waals surface area contributed by atoms with E-state index < -0.39 is 15.4 Å². The topological polar surface area (TPSA) is 72.2 Å². The van der Waals surface area contributed by atoms with Crippen molar-refractivity contribution in [3.63, 3.8) is 0 Å². The molecule has 4 aromatic rings. The number of aryl methyl sites for hydroxylation is 1. The molecule has 0 amide bonds. The first-order valence-electron chi connectivity index (χ1n) is 10.8. The Morgan fingerprint density at radius 2 is 1.61 bits per heavy atom. The van der Waals surface area contributed by atoms with Crippen LogP contribution in [-0.4, -0.2) is 29.6 Å². The van der Waals surface area contributed by atoms with Crippen molar-refractivity contribution in [1.29, 1.82) is 0 Å². The second kappa shape index (κ2) is 8.61. The lowest BCUT2D eigenvalue weighted by Gasteiger charge is -2.13. The summed E-state index contributed by atoms with van der Waals surface area (Å²) >= 11 is 0. The van der Waals surface area contributed by atoms with Crippen LogP contribution in [0.2, 0.25) is 0 Å². The fourth-order valence-electron chi connectivity index (χ4n) is 3.85. The van der Waals surface area contributed by atoms with E-state index in [2.05, 4.69) is 18.2 Å². The molecule has 0 aliphatic carbocycles.